The van der Waals surface area contributed by atoms with Crippen LogP contribution < -0.4 is 56.5 Å². The van der Waals surface area contributed by atoms with E-state index in [2.05, 4.69) is 30.7 Å². The predicted octanol–water partition coefficient (Wildman–Crippen LogP) is -0.437. The summed E-state index contributed by atoms with van der Waals surface area (Å²) in [6.45, 7) is 4.55. The van der Waals surface area contributed by atoms with Crippen LogP contribution >= 0.6 is 11.6 Å². The minimum atomic E-state index is 0. The van der Waals surface area contributed by atoms with E-state index < -0.39 is 0 Å². The summed E-state index contributed by atoms with van der Waals surface area (Å²) in [5.74, 6) is 0.448. The first-order valence-electron chi connectivity index (χ1n) is 7.40. The molecule has 0 spiro atoms. The molecule has 0 unspecified atom stereocenters. The molecular formula is C16H13ClKN7. The molecule has 0 atom stereocenters. The number of pyridine rings is 1. The van der Waals surface area contributed by atoms with Gasteiger partial charge in [-0.05, 0) is 37.1 Å². The third kappa shape index (κ3) is 3.55. The zero-order valence-corrected chi connectivity index (χ0v) is 18.0. The van der Waals surface area contributed by atoms with Gasteiger partial charge in [0, 0.05) is 22.6 Å². The number of fused-ring (bicyclic) bond motifs is 1. The number of aromatic nitrogens is 7. The van der Waals surface area contributed by atoms with Gasteiger partial charge in [-0.1, -0.05) is 23.7 Å². The van der Waals surface area contributed by atoms with Crippen molar-refractivity contribution in [2.45, 2.75) is 20.4 Å². The molecule has 0 saturated carbocycles. The largest absolute Gasteiger partial charge is 1.00 e. The smallest absolute Gasteiger partial charge is 0.330 e. The van der Waals surface area contributed by atoms with Gasteiger partial charge in [0.05, 0.1) is 17.8 Å². The molecule has 9 heteroatoms. The molecule has 0 saturated heterocycles. The number of rotatable bonds is 3. The van der Waals surface area contributed by atoms with Crippen LogP contribution in [0, 0.1) is 13.8 Å². The van der Waals surface area contributed by atoms with Crippen molar-refractivity contribution < 1.29 is 51.4 Å². The van der Waals surface area contributed by atoms with Crippen LogP contribution in [-0.4, -0.2) is 30.3 Å². The van der Waals surface area contributed by atoms with Crippen LogP contribution in [0.1, 0.15) is 16.8 Å². The monoisotopic (exact) mass is 377 g/mol. The summed E-state index contributed by atoms with van der Waals surface area (Å²) in [6.07, 6.45) is 1.71. The minimum absolute atomic E-state index is 0. The number of hydrogen-bond acceptors (Lipinski definition) is 5. The molecule has 4 rings (SSSR count). The van der Waals surface area contributed by atoms with Gasteiger partial charge in [-0.3, -0.25) is 20.0 Å². The zero-order chi connectivity index (χ0) is 16.7. The number of benzene rings is 1. The van der Waals surface area contributed by atoms with Gasteiger partial charge in [-0.25, -0.2) is 0 Å². The fraction of sp³-hybridized carbons (Fsp3) is 0.188. The molecule has 0 aliphatic rings. The van der Waals surface area contributed by atoms with Gasteiger partial charge in [0.25, 0.3) is 0 Å². The second-order valence-electron chi connectivity index (χ2n) is 5.57. The summed E-state index contributed by atoms with van der Waals surface area (Å²) in [7, 11) is 0. The number of hydrogen-bond donors (Lipinski definition) is 0. The van der Waals surface area contributed by atoms with E-state index in [-0.39, 0.29) is 51.4 Å². The number of nitrogens with zero attached hydrogens (tertiary/aromatic N) is 7. The molecule has 0 amide bonds. The van der Waals surface area contributed by atoms with Gasteiger partial charge >= 0.3 is 51.4 Å². The van der Waals surface area contributed by atoms with E-state index in [1.807, 2.05) is 42.8 Å². The molecule has 0 aliphatic carbocycles. The van der Waals surface area contributed by atoms with E-state index in [0.29, 0.717) is 12.4 Å². The first kappa shape index (κ1) is 18.6. The van der Waals surface area contributed by atoms with Crippen LogP contribution in [0.15, 0.2) is 30.5 Å². The van der Waals surface area contributed by atoms with Crippen LogP contribution in [0.3, 0.4) is 0 Å². The SMILES string of the molecule is Cc1cccc(Cl)c1Cn1nc(C)c2ncc(-c3nnn[n-]3)cc21.[K+]. The Labute approximate surface area is 191 Å². The van der Waals surface area contributed by atoms with E-state index in [0.717, 1.165) is 38.4 Å². The first-order valence-corrected chi connectivity index (χ1v) is 7.77. The molecule has 7 nitrogen and oxygen atoms in total. The van der Waals surface area contributed by atoms with Gasteiger partial charge in [-0.2, -0.15) is 10.3 Å². The molecule has 3 aromatic heterocycles. The third-order valence-electron chi connectivity index (χ3n) is 4.00. The van der Waals surface area contributed by atoms with Crippen LogP contribution in [0.5, 0.6) is 0 Å². The summed E-state index contributed by atoms with van der Waals surface area (Å²) in [6, 6.07) is 7.83. The minimum Gasteiger partial charge on any atom is -0.330 e. The van der Waals surface area contributed by atoms with Gasteiger partial charge in [0.2, 0.25) is 0 Å². The summed E-state index contributed by atoms with van der Waals surface area (Å²) in [4.78, 5) is 4.49. The second kappa shape index (κ2) is 7.61. The Morgan fingerprint density at radius 1 is 1.24 bits per heavy atom. The predicted molar refractivity (Wildman–Crippen MR) is 89.7 cm³/mol. The average molecular weight is 378 g/mol. The quantitative estimate of drug-likeness (QED) is 0.450. The van der Waals surface area contributed by atoms with Gasteiger partial charge in [-0.15, -0.1) is 0 Å². The molecular weight excluding hydrogens is 365 g/mol. The molecule has 120 valence electrons. The second-order valence-corrected chi connectivity index (χ2v) is 5.98. The Bertz CT molecular complexity index is 1010. The molecule has 1 aromatic carbocycles. The summed E-state index contributed by atoms with van der Waals surface area (Å²) in [5.41, 5.74) is 5.53. The standard InChI is InChI=1S/C16H13ClN7.K/c1-9-4-3-5-13(17)12(9)8-24-14-6-11(16-19-22-23-20-16)7-18-15(14)10(2)21-24;/h3-7H,8H2,1-2H3;/q-1;+1. The van der Waals surface area contributed by atoms with Crippen LogP contribution in [-0.2, 0) is 6.54 Å². The Hall–Kier alpha value is -1.16. The maximum absolute atomic E-state index is 6.36. The summed E-state index contributed by atoms with van der Waals surface area (Å²) < 4.78 is 1.90. The van der Waals surface area contributed by atoms with E-state index in [9.17, 15) is 0 Å². The Balaban J connectivity index is 0.00000182. The average Bonchev–Trinajstić information content (AvgIpc) is 3.20. The van der Waals surface area contributed by atoms with Crippen molar-refractivity contribution >= 4 is 22.6 Å². The summed E-state index contributed by atoms with van der Waals surface area (Å²) >= 11 is 6.36. The van der Waals surface area contributed by atoms with Crippen molar-refractivity contribution in [2.75, 3.05) is 0 Å². The normalized spacial score (nSPS) is 10.8. The molecule has 4 aromatic rings. The number of halogens is 1. The van der Waals surface area contributed by atoms with E-state index in [1.165, 1.54) is 0 Å². The fourth-order valence-corrected chi connectivity index (χ4v) is 3.01. The Morgan fingerprint density at radius 3 is 2.80 bits per heavy atom. The van der Waals surface area contributed by atoms with Crippen LogP contribution in [0.25, 0.3) is 22.4 Å². The molecule has 0 bridgehead atoms. The molecule has 0 fully saturated rings. The van der Waals surface area contributed by atoms with Crippen molar-refractivity contribution in [1.82, 2.24) is 35.4 Å². The summed E-state index contributed by atoms with van der Waals surface area (Å²) in [5, 5.41) is 20.1. The molecule has 0 aliphatic heterocycles. The third-order valence-corrected chi connectivity index (χ3v) is 4.35. The van der Waals surface area contributed by atoms with Gasteiger partial charge in [0.15, 0.2) is 0 Å². The topological polar surface area (TPSA) is 83.5 Å². The van der Waals surface area contributed by atoms with Crippen molar-refractivity contribution in [2.24, 2.45) is 0 Å². The number of aryl methyl sites for hydroxylation is 2. The van der Waals surface area contributed by atoms with Crippen molar-refractivity contribution in [3.05, 3.63) is 52.3 Å². The molecule has 0 radical (unpaired) electrons. The van der Waals surface area contributed by atoms with E-state index >= 15 is 0 Å². The molecule has 3 heterocycles. The van der Waals surface area contributed by atoms with E-state index in [1.54, 1.807) is 6.20 Å². The maximum atomic E-state index is 6.36. The fourth-order valence-electron chi connectivity index (χ4n) is 2.73. The van der Waals surface area contributed by atoms with Crippen molar-refractivity contribution in [3.8, 4) is 11.4 Å². The molecule has 0 N–H and O–H groups in total. The maximum Gasteiger partial charge on any atom is 1.00 e. The zero-order valence-electron chi connectivity index (χ0n) is 14.1. The Morgan fingerprint density at radius 2 is 2.08 bits per heavy atom. The van der Waals surface area contributed by atoms with Crippen LogP contribution in [0.4, 0.5) is 0 Å². The number of tetrazole rings is 1. The van der Waals surface area contributed by atoms with Gasteiger partial charge in [0.1, 0.15) is 5.52 Å². The first-order chi connectivity index (χ1) is 11.6. The van der Waals surface area contributed by atoms with Crippen molar-refractivity contribution in [3.63, 3.8) is 0 Å². The molecule has 25 heavy (non-hydrogen) atoms. The van der Waals surface area contributed by atoms with Gasteiger partial charge < -0.3 is 5.10 Å². The van der Waals surface area contributed by atoms with E-state index in [4.69, 9.17) is 11.6 Å². The Kier molecular flexibility index (Phi) is 5.67. The van der Waals surface area contributed by atoms with Crippen LogP contribution in [0.2, 0.25) is 5.02 Å². The van der Waals surface area contributed by atoms with Crippen molar-refractivity contribution in [1.29, 1.82) is 0 Å².